The van der Waals surface area contributed by atoms with Crippen LogP contribution in [0.3, 0.4) is 0 Å². The predicted octanol–water partition coefficient (Wildman–Crippen LogP) is 8.19. The molecule has 0 bridgehead atoms. The Morgan fingerprint density at radius 2 is 1.96 bits per heavy atom. The molecule has 1 N–H and O–H groups in total. The van der Waals surface area contributed by atoms with Crippen molar-refractivity contribution in [2.45, 2.75) is 116 Å². The zero-order chi connectivity index (χ0) is 32.8. The van der Waals surface area contributed by atoms with Crippen LogP contribution in [0.4, 0.5) is 0 Å². The number of carbonyl (C=O) groups excluding carboxylic acids is 1. The molecule has 0 unspecified atom stereocenters. The molecule has 0 amide bonds. The van der Waals surface area contributed by atoms with Gasteiger partial charge in [-0.2, -0.15) is 0 Å². The second-order valence-corrected chi connectivity index (χ2v) is 15.5. The number of piperidine rings is 1. The molecule has 10 atom stereocenters. The van der Waals surface area contributed by atoms with Crippen LogP contribution < -0.4 is 0 Å². The number of methoxy groups -OCH3 is 1. The summed E-state index contributed by atoms with van der Waals surface area (Å²) in [7, 11) is 1.59. The molecule has 0 radical (unpaired) electrons. The van der Waals surface area contributed by atoms with Gasteiger partial charge < -0.3 is 19.3 Å². The highest BCUT2D eigenvalue weighted by molar-refractivity contribution is 5.93. The maximum atomic E-state index is 12.6. The van der Waals surface area contributed by atoms with Gasteiger partial charge in [-0.15, -0.1) is 0 Å². The third kappa shape index (κ3) is 5.92. The van der Waals surface area contributed by atoms with Gasteiger partial charge in [-0.05, 0) is 99.2 Å². The highest BCUT2D eigenvalue weighted by Crippen LogP contribution is 2.57. The molecule has 6 heteroatoms. The van der Waals surface area contributed by atoms with Gasteiger partial charge in [0.05, 0.1) is 18.8 Å². The average molecular weight is 642 g/mol. The smallest absolute Gasteiger partial charge is 0.343 e. The number of hydrogen-bond acceptors (Lipinski definition) is 6. The molecule has 2 saturated heterocycles. The van der Waals surface area contributed by atoms with Crippen molar-refractivity contribution in [2.75, 3.05) is 13.7 Å². The van der Waals surface area contributed by atoms with Crippen LogP contribution in [0.5, 0.6) is 0 Å². The first kappa shape index (κ1) is 32.7. The van der Waals surface area contributed by atoms with Gasteiger partial charge >= 0.3 is 5.97 Å². The lowest BCUT2D eigenvalue weighted by molar-refractivity contribution is -0.133. The minimum Gasteiger partial charge on any atom is -0.492 e. The molecule has 254 valence electrons. The summed E-state index contributed by atoms with van der Waals surface area (Å²) >= 11 is 0. The molecule has 7 rings (SSSR count). The van der Waals surface area contributed by atoms with Crippen molar-refractivity contribution >= 4 is 5.97 Å². The summed E-state index contributed by atoms with van der Waals surface area (Å²) in [5.41, 5.74) is 3.44. The number of rotatable bonds is 8. The van der Waals surface area contributed by atoms with E-state index in [1.807, 2.05) is 0 Å². The Labute approximate surface area is 281 Å². The number of aryl methyl sites for hydroxylation is 1. The van der Waals surface area contributed by atoms with E-state index < -0.39 is 6.10 Å². The van der Waals surface area contributed by atoms with E-state index in [4.69, 9.17) is 14.2 Å². The minimum atomic E-state index is -0.401. The topological polar surface area (TPSA) is 68.2 Å². The first-order chi connectivity index (χ1) is 22.8. The van der Waals surface area contributed by atoms with Crippen molar-refractivity contribution in [2.24, 2.45) is 35.5 Å². The number of aliphatic hydroxyl groups excluding tert-OH is 1. The van der Waals surface area contributed by atoms with Gasteiger partial charge in [-0.25, -0.2) is 4.79 Å². The van der Waals surface area contributed by atoms with Crippen LogP contribution in [0, 0.1) is 35.5 Å². The molecule has 0 aromatic heterocycles. The van der Waals surface area contributed by atoms with E-state index in [1.54, 1.807) is 14.0 Å². The van der Waals surface area contributed by atoms with E-state index in [0.717, 1.165) is 50.8 Å². The molecule has 6 nitrogen and oxygen atoms in total. The molecule has 4 aliphatic heterocycles. The van der Waals surface area contributed by atoms with Crippen molar-refractivity contribution in [1.82, 2.24) is 4.90 Å². The molecule has 1 saturated carbocycles. The van der Waals surface area contributed by atoms with Gasteiger partial charge in [0, 0.05) is 36.4 Å². The standard InChI is InChI=1S/C41H55NO5/c1-6-7-8-13-27-14-10-15-28(22-27)30-18-19-31-32(30)23-33-35-25(3)39(40-38(45-5)26(4)41(44)47-40)46-34(35)17-11-20-42(33)36(31)37(43)29-16-9-12-24(2)21-29/h9-10,14-17,22,24-25,29-33,35-37,43H,6-8,11-13,18-21,23H2,1-5H3/t24-,25+,29+,30-,31+,32+,33-,35+,36+,37+/m1/s1. The average Bonchev–Trinajstić information content (AvgIpc) is 3.68. The zero-order valence-corrected chi connectivity index (χ0v) is 29.1. The van der Waals surface area contributed by atoms with Crippen LogP contribution in [0.15, 0.2) is 71.1 Å². The Bertz CT molecular complexity index is 1470. The van der Waals surface area contributed by atoms with E-state index in [-0.39, 0.29) is 35.8 Å². The van der Waals surface area contributed by atoms with Crippen LogP contribution in [-0.2, 0) is 25.4 Å². The number of ether oxygens (including phenoxy) is 3. The summed E-state index contributed by atoms with van der Waals surface area (Å²) in [6.07, 6.45) is 17.9. The first-order valence-corrected chi connectivity index (χ1v) is 18.6. The molecule has 2 aliphatic carbocycles. The Kier molecular flexibility index (Phi) is 9.45. The molecule has 1 aromatic carbocycles. The Morgan fingerprint density at radius 3 is 2.74 bits per heavy atom. The van der Waals surface area contributed by atoms with Crippen molar-refractivity contribution in [3.8, 4) is 0 Å². The number of benzene rings is 1. The van der Waals surface area contributed by atoms with Gasteiger partial charge in [-0.3, -0.25) is 4.90 Å². The van der Waals surface area contributed by atoms with Gasteiger partial charge in [0.25, 0.3) is 0 Å². The summed E-state index contributed by atoms with van der Waals surface area (Å²) in [5, 5.41) is 12.4. The van der Waals surface area contributed by atoms with E-state index >= 15 is 0 Å². The zero-order valence-electron chi connectivity index (χ0n) is 29.1. The largest absolute Gasteiger partial charge is 0.492 e. The third-order valence-corrected chi connectivity index (χ3v) is 12.6. The van der Waals surface area contributed by atoms with Crippen LogP contribution in [0.1, 0.15) is 103 Å². The summed E-state index contributed by atoms with van der Waals surface area (Å²) in [6, 6.07) is 9.80. The van der Waals surface area contributed by atoms with E-state index in [1.165, 1.54) is 36.8 Å². The second kappa shape index (κ2) is 13.6. The van der Waals surface area contributed by atoms with E-state index in [0.29, 0.717) is 46.5 Å². The molecular weight excluding hydrogens is 586 g/mol. The minimum absolute atomic E-state index is 0.0105. The maximum Gasteiger partial charge on any atom is 0.343 e. The number of unbranched alkanes of at least 4 members (excludes halogenated alkanes) is 2. The van der Waals surface area contributed by atoms with Gasteiger partial charge in [0.1, 0.15) is 5.76 Å². The quantitative estimate of drug-likeness (QED) is 0.175. The van der Waals surface area contributed by atoms with E-state index in [9.17, 15) is 9.90 Å². The van der Waals surface area contributed by atoms with Crippen molar-refractivity contribution < 1.29 is 24.1 Å². The van der Waals surface area contributed by atoms with Crippen LogP contribution in [0.2, 0.25) is 0 Å². The first-order valence-electron chi connectivity index (χ1n) is 18.6. The Morgan fingerprint density at radius 1 is 1.11 bits per heavy atom. The fraction of sp³-hybridized carbons (Fsp3) is 0.634. The van der Waals surface area contributed by atoms with E-state index in [2.05, 4.69) is 68.2 Å². The maximum absolute atomic E-state index is 12.6. The number of nitrogens with zero attached hydrogens (tertiary/aromatic N) is 1. The van der Waals surface area contributed by atoms with Crippen LogP contribution in [-0.4, -0.2) is 47.8 Å². The molecular formula is C41H55NO5. The van der Waals surface area contributed by atoms with Crippen molar-refractivity contribution in [1.29, 1.82) is 0 Å². The third-order valence-electron chi connectivity index (χ3n) is 12.6. The van der Waals surface area contributed by atoms with Gasteiger partial charge in [0.2, 0.25) is 5.76 Å². The lowest BCUT2D eigenvalue weighted by Gasteiger charge is -2.53. The Hall–Kier alpha value is -2.83. The molecule has 47 heavy (non-hydrogen) atoms. The van der Waals surface area contributed by atoms with Crippen LogP contribution in [0.25, 0.3) is 0 Å². The fourth-order valence-corrected chi connectivity index (χ4v) is 10.4. The lowest BCUT2D eigenvalue weighted by Crippen LogP contribution is -2.61. The monoisotopic (exact) mass is 641 g/mol. The summed E-state index contributed by atoms with van der Waals surface area (Å²) in [4.78, 5) is 15.3. The highest BCUT2D eigenvalue weighted by Gasteiger charge is 2.57. The second-order valence-electron chi connectivity index (χ2n) is 15.5. The summed E-state index contributed by atoms with van der Waals surface area (Å²) in [5.74, 6) is 4.61. The fourth-order valence-electron chi connectivity index (χ4n) is 10.4. The van der Waals surface area contributed by atoms with Crippen LogP contribution >= 0.6 is 0 Å². The number of esters is 1. The number of fused-ring (bicyclic) bond motifs is 4. The molecule has 1 aromatic rings. The normalized spacial score (nSPS) is 37.4. The van der Waals surface area contributed by atoms with Crippen molar-refractivity contribution in [3.05, 3.63) is 82.2 Å². The summed E-state index contributed by atoms with van der Waals surface area (Å²) < 4.78 is 18.1. The number of aliphatic hydroxyl groups is 1. The molecule has 0 spiro atoms. The lowest BCUT2D eigenvalue weighted by atomic mass is 9.67. The highest BCUT2D eigenvalue weighted by atomic mass is 16.6. The number of cyclic esters (lactones) is 1. The summed E-state index contributed by atoms with van der Waals surface area (Å²) in [6.45, 7) is 9.50. The predicted molar refractivity (Wildman–Crippen MR) is 184 cm³/mol. The number of carbonyl (C=O) groups is 1. The molecule has 3 fully saturated rings. The SMILES string of the molecule is CCCCCc1cccc([C@H]2CC[C@H]3[C@H]2C[C@@H]2[C@H]4C(=CCCN2[C@@H]3[C@@H](O)[C@H]2C=CC[C@@H](C)C2)OC(=C2OC(=O)C(C)=C2OC)[C@H]4C)c1. The number of hydrogen-bond donors (Lipinski definition) is 1. The molecule has 6 aliphatic rings. The Balaban J connectivity index is 1.25. The molecule has 4 heterocycles. The van der Waals surface area contributed by atoms with Gasteiger partial charge in [0.15, 0.2) is 11.5 Å². The van der Waals surface area contributed by atoms with Gasteiger partial charge in [-0.1, -0.05) is 70.0 Å². The number of allylic oxidation sites excluding steroid dienone is 2. The van der Waals surface area contributed by atoms with Crippen molar-refractivity contribution in [3.63, 3.8) is 0 Å².